The molecule has 3 heteroatoms. The zero-order chi connectivity index (χ0) is 9.35. The van der Waals surface area contributed by atoms with Crippen LogP contribution in [0.4, 0.5) is 0 Å². The lowest BCUT2D eigenvalue weighted by atomic mass is 9.77. The molecule has 0 saturated carbocycles. The van der Waals surface area contributed by atoms with Gasteiger partial charge in [-0.25, -0.2) is 0 Å². The fourth-order valence-corrected chi connectivity index (χ4v) is 1.42. The highest BCUT2D eigenvalue weighted by Gasteiger charge is 2.37. The van der Waals surface area contributed by atoms with Gasteiger partial charge in [0, 0.05) is 19.9 Å². The zero-order valence-electron chi connectivity index (χ0n) is 7.89. The predicted octanol–water partition coefficient (Wildman–Crippen LogP) is 1.18. The minimum absolute atomic E-state index is 0.0457. The molecular weight excluding hydrogens is 154 g/mol. The van der Waals surface area contributed by atoms with Crippen molar-refractivity contribution in [2.45, 2.75) is 33.1 Å². The molecule has 0 aromatic rings. The zero-order valence-corrected chi connectivity index (χ0v) is 7.89. The third-order valence-corrected chi connectivity index (χ3v) is 2.76. The molecule has 0 unspecified atom stereocenters. The van der Waals surface area contributed by atoms with E-state index in [2.05, 4.69) is 0 Å². The standard InChI is InChI=1S/C9H15NO2/c1-4-9(2)5-7(11)10(3)8(12)6-9/h4-6H2,1-3H3. The van der Waals surface area contributed by atoms with Gasteiger partial charge in [0.2, 0.25) is 11.8 Å². The van der Waals surface area contributed by atoms with E-state index >= 15 is 0 Å². The number of rotatable bonds is 1. The van der Waals surface area contributed by atoms with E-state index in [9.17, 15) is 9.59 Å². The van der Waals surface area contributed by atoms with Crippen molar-refractivity contribution >= 4 is 11.8 Å². The molecule has 0 bridgehead atoms. The molecule has 0 N–H and O–H groups in total. The van der Waals surface area contributed by atoms with Crippen LogP contribution in [0.1, 0.15) is 33.1 Å². The Morgan fingerprint density at radius 2 is 1.75 bits per heavy atom. The molecule has 68 valence electrons. The molecule has 0 aromatic carbocycles. The summed E-state index contributed by atoms with van der Waals surface area (Å²) in [5.41, 5.74) is -0.0966. The number of carbonyl (C=O) groups excluding carboxylic acids is 2. The Labute approximate surface area is 72.7 Å². The largest absolute Gasteiger partial charge is 0.286 e. The summed E-state index contributed by atoms with van der Waals surface area (Å²) in [6.07, 6.45) is 1.90. The summed E-state index contributed by atoms with van der Waals surface area (Å²) in [4.78, 5) is 23.8. The molecule has 1 rings (SSSR count). The summed E-state index contributed by atoms with van der Waals surface area (Å²) in [5, 5.41) is 0. The number of carbonyl (C=O) groups is 2. The first kappa shape index (κ1) is 9.23. The quantitative estimate of drug-likeness (QED) is 0.553. The average Bonchev–Trinajstić information content (AvgIpc) is 2.00. The van der Waals surface area contributed by atoms with E-state index in [0.717, 1.165) is 6.42 Å². The smallest absolute Gasteiger partial charge is 0.229 e. The third kappa shape index (κ3) is 1.49. The molecule has 1 aliphatic heterocycles. The van der Waals surface area contributed by atoms with Crippen LogP contribution in [0, 0.1) is 5.41 Å². The third-order valence-electron chi connectivity index (χ3n) is 2.76. The molecule has 12 heavy (non-hydrogen) atoms. The van der Waals surface area contributed by atoms with Crippen molar-refractivity contribution in [3.8, 4) is 0 Å². The fraction of sp³-hybridized carbons (Fsp3) is 0.778. The molecule has 0 aliphatic carbocycles. The maximum atomic E-state index is 11.3. The van der Waals surface area contributed by atoms with Gasteiger partial charge in [-0.1, -0.05) is 13.8 Å². The van der Waals surface area contributed by atoms with Crippen LogP contribution in [0.25, 0.3) is 0 Å². The van der Waals surface area contributed by atoms with Gasteiger partial charge in [-0.2, -0.15) is 0 Å². The van der Waals surface area contributed by atoms with Gasteiger partial charge in [-0.15, -0.1) is 0 Å². The highest BCUT2D eigenvalue weighted by Crippen LogP contribution is 2.34. The molecule has 1 saturated heterocycles. The second-order valence-electron chi connectivity index (χ2n) is 3.86. The average molecular weight is 169 g/mol. The van der Waals surface area contributed by atoms with Crippen LogP contribution in [0.3, 0.4) is 0 Å². The highest BCUT2D eigenvalue weighted by atomic mass is 16.2. The van der Waals surface area contributed by atoms with Crippen LogP contribution in [-0.2, 0) is 9.59 Å². The SMILES string of the molecule is CCC1(C)CC(=O)N(C)C(=O)C1. The summed E-state index contributed by atoms with van der Waals surface area (Å²) < 4.78 is 0. The number of amides is 2. The summed E-state index contributed by atoms with van der Waals surface area (Å²) in [5.74, 6) is -0.0915. The predicted molar refractivity (Wildman–Crippen MR) is 45.4 cm³/mol. The Balaban J connectivity index is 2.79. The first-order valence-corrected chi connectivity index (χ1v) is 4.28. The van der Waals surface area contributed by atoms with Gasteiger partial charge >= 0.3 is 0 Å². The minimum atomic E-state index is -0.0966. The topological polar surface area (TPSA) is 37.4 Å². The maximum absolute atomic E-state index is 11.3. The van der Waals surface area contributed by atoms with Gasteiger partial charge in [0.1, 0.15) is 0 Å². The monoisotopic (exact) mass is 169 g/mol. The Morgan fingerprint density at radius 1 is 1.33 bits per heavy atom. The van der Waals surface area contributed by atoms with Crippen molar-refractivity contribution in [3.05, 3.63) is 0 Å². The second kappa shape index (κ2) is 2.88. The van der Waals surface area contributed by atoms with E-state index < -0.39 is 0 Å². The lowest BCUT2D eigenvalue weighted by molar-refractivity contribution is -0.151. The van der Waals surface area contributed by atoms with Crippen LogP contribution in [0.2, 0.25) is 0 Å². The normalized spacial score (nSPS) is 23.1. The van der Waals surface area contributed by atoms with Gasteiger partial charge < -0.3 is 0 Å². The van der Waals surface area contributed by atoms with E-state index in [1.807, 2.05) is 13.8 Å². The molecule has 0 spiro atoms. The Morgan fingerprint density at radius 3 is 2.08 bits per heavy atom. The molecule has 3 nitrogen and oxygen atoms in total. The van der Waals surface area contributed by atoms with E-state index in [1.54, 1.807) is 7.05 Å². The first-order chi connectivity index (χ1) is 5.48. The molecule has 0 atom stereocenters. The Bertz CT molecular complexity index is 205. The first-order valence-electron chi connectivity index (χ1n) is 4.28. The number of hydrogen-bond donors (Lipinski definition) is 0. The van der Waals surface area contributed by atoms with Crippen molar-refractivity contribution in [2.24, 2.45) is 5.41 Å². The van der Waals surface area contributed by atoms with Gasteiger partial charge in [0.15, 0.2) is 0 Å². The number of nitrogens with zero attached hydrogens (tertiary/aromatic N) is 1. The summed E-state index contributed by atoms with van der Waals surface area (Å²) >= 11 is 0. The fourth-order valence-electron chi connectivity index (χ4n) is 1.42. The molecule has 1 aliphatic rings. The van der Waals surface area contributed by atoms with Crippen LogP contribution >= 0.6 is 0 Å². The number of piperidine rings is 1. The van der Waals surface area contributed by atoms with Crippen molar-refractivity contribution in [3.63, 3.8) is 0 Å². The van der Waals surface area contributed by atoms with Crippen molar-refractivity contribution < 1.29 is 9.59 Å². The lowest BCUT2D eigenvalue weighted by Gasteiger charge is -2.34. The van der Waals surface area contributed by atoms with Crippen LogP contribution in [-0.4, -0.2) is 23.8 Å². The van der Waals surface area contributed by atoms with E-state index in [0.29, 0.717) is 12.8 Å². The summed E-state index contributed by atoms with van der Waals surface area (Å²) in [6, 6.07) is 0. The van der Waals surface area contributed by atoms with Gasteiger partial charge in [-0.3, -0.25) is 14.5 Å². The van der Waals surface area contributed by atoms with Crippen LogP contribution < -0.4 is 0 Å². The summed E-state index contributed by atoms with van der Waals surface area (Å²) in [6.45, 7) is 4.02. The molecule has 2 amide bonds. The van der Waals surface area contributed by atoms with E-state index in [1.165, 1.54) is 4.90 Å². The van der Waals surface area contributed by atoms with Gasteiger partial charge in [0.05, 0.1) is 0 Å². The van der Waals surface area contributed by atoms with E-state index in [-0.39, 0.29) is 17.2 Å². The Hall–Kier alpha value is -0.860. The molecule has 1 heterocycles. The lowest BCUT2D eigenvalue weighted by Crippen LogP contribution is -2.44. The minimum Gasteiger partial charge on any atom is -0.286 e. The van der Waals surface area contributed by atoms with Gasteiger partial charge in [-0.05, 0) is 11.8 Å². The summed E-state index contributed by atoms with van der Waals surface area (Å²) in [7, 11) is 1.56. The maximum Gasteiger partial charge on any atom is 0.229 e. The number of hydrogen-bond acceptors (Lipinski definition) is 2. The number of imide groups is 1. The van der Waals surface area contributed by atoms with Crippen molar-refractivity contribution in [1.82, 2.24) is 4.90 Å². The van der Waals surface area contributed by atoms with Crippen LogP contribution in [0.5, 0.6) is 0 Å². The van der Waals surface area contributed by atoms with E-state index in [4.69, 9.17) is 0 Å². The highest BCUT2D eigenvalue weighted by molar-refractivity contribution is 5.98. The second-order valence-corrected chi connectivity index (χ2v) is 3.86. The van der Waals surface area contributed by atoms with Crippen molar-refractivity contribution in [2.75, 3.05) is 7.05 Å². The molecule has 1 fully saturated rings. The van der Waals surface area contributed by atoms with Crippen LogP contribution in [0.15, 0.2) is 0 Å². The molecule has 0 aromatic heterocycles. The molecule has 0 radical (unpaired) electrons. The Kier molecular flexibility index (Phi) is 2.22. The van der Waals surface area contributed by atoms with Gasteiger partial charge in [0.25, 0.3) is 0 Å². The number of likely N-dealkylation sites (tertiary alicyclic amines) is 1. The molecular formula is C9H15NO2. The van der Waals surface area contributed by atoms with Crippen molar-refractivity contribution in [1.29, 1.82) is 0 Å².